The summed E-state index contributed by atoms with van der Waals surface area (Å²) in [7, 11) is -0.488. The van der Waals surface area contributed by atoms with Gasteiger partial charge in [0.25, 0.3) is 10.0 Å². The molecule has 0 fully saturated rings. The second-order valence-electron chi connectivity index (χ2n) is 8.15. The zero-order valence-corrected chi connectivity index (χ0v) is 20.5. The summed E-state index contributed by atoms with van der Waals surface area (Å²) in [5.41, 5.74) is 1.95. The first kappa shape index (κ1) is 24.3. The van der Waals surface area contributed by atoms with E-state index in [-0.39, 0.29) is 18.0 Å². The van der Waals surface area contributed by atoms with E-state index >= 15 is 0 Å². The third-order valence-corrected chi connectivity index (χ3v) is 6.83. The van der Waals surface area contributed by atoms with Crippen LogP contribution in [0.15, 0.2) is 82.1 Å². The average Bonchev–Trinajstić information content (AvgIpc) is 3.14. The number of ether oxygens (including phenoxy) is 3. The zero-order valence-electron chi connectivity index (χ0n) is 19.7. The molecule has 1 atom stereocenters. The number of fused-ring (bicyclic) bond motifs is 1. The highest BCUT2D eigenvalue weighted by Crippen LogP contribution is 2.27. The Labute approximate surface area is 204 Å². The monoisotopic (exact) mass is 494 g/mol. The van der Waals surface area contributed by atoms with E-state index in [1.807, 2.05) is 19.1 Å². The number of aryl methyl sites for hydroxylation is 1. The van der Waals surface area contributed by atoms with Gasteiger partial charge in [-0.05, 0) is 55.5 Å². The Bertz CT molecular complexity index is 1340. The number of rotatable bonds is 8. The molecule has 8 nitrogen and oxygen atoms in total. The molecular weight excluding hydrogens is 468 g/mol. The minimum Gasteiger partial charge on any atom is -0.497 e. The first-order valence-electron chi connectivity index (χ1n) is 11.0. The highest BCUT2D eigenvalue weighted by atomic mass is 32.2. The van der Waals surface area contributed by atoms with Crippen molar-refractivity contribution in [3.8, 4) is 11.5 Å². The van der Waals surface area contributed by atoms with Crippen LogP contribution in [0.5, 0.6) is 11.5 Å². The topological polar surface area (TPSA) is 94.5 Å². The standard InChI is InChI=1S/C26H26N2O6S/c1-18-8-10-19(11-9-18)26(29)34-22(17-33-21-14-12-20(32-3)13-15-21)16-28(2)25-23-6-4-5-7-24(23)35(30,31)27-25/h4-15,22H,16-17H2,1-3H3/t22-/m0/s1. The van der Waals surface area contributed by atoms with Gasteiger partial charge in [0.15, 0.2) is 11.9 Å². The molecule has 0 aromatic heterocycles. The number of carbonyl (C=O) groups is 1. The van der Waals surface area contributed by atoms with Crippen LogP contribution in [0.2, 0.25) is 0 Å². The van der Waals surface area contributed by atoms with Crippen LogP contribution in [0.25, 0.3) is 0 Å². The fraction of sp³-hybridized carbons (Fsp3) is 0.231. The number of likely N-dealkylation sites (N-methyl/N-ethyl adjacent to an activating group) is 1. The Morgan fingerprint density at radius 2 is 1.63 bits per heavy atom. The first-order valence-corrected chi connectivity index (χ1v) is 12.4. The van der Waals surface area contributed by atoms with E-state index in [1.54, 1.807) is 73.7 Å². The molecule has 0 saturated heterocycles. The molecule has 0 saturated carbocycles. The molecule has 0 N–H and O–H groups in total. The highest BCUT2D eigenvalue weighted by molar-refractivity contribution is 7.90. The van der Waals surface area contributed by atoms with E-state index in [4.69, 9.17) is 14.2 Å². The van der Waals surface area contributed by atoms with Gasteiger partial charge in [0, 0.05) is 12.6 Å². The van der Waals surface area contributed by atoms with Crippen LogP contribution < -0.4 is 9.47 Å². The highest BCUT2D eigenvalue weighted by Gasteiger charge is 2.32. The molecule has 0 radical (unpaired) electrons. The maximum Gasteiger partial charge on any atom is 0.338 e. The molecule has 1 heterocycles. The van der Waals surface area contributed by atoms with Crippen LogP contribution in [0.4, 0.5) is 0 Å². The van der Waals surface area contributed by atoms with Gasteiger partial charge in [0.05, 0.1) is 19.2 Å². The lowest BCUT2D eigenvalue weighted by Gasteiger charge is -2.26. The lowest BCUT2D eigenvalue weighted by Crippen LogP contribution is -2.39. The van der Waals surface area contributed by atoms with Crippen molar-refractivity contribution in [2.75, 3.05) is 27.3 Å². The van der Waals surface area contributed by atoms with Gasteiger partial charge in [0.1, 0.15) is 23.0 Å². The number of amidine groups is 1. The number of carbonyl (C=O) groups excluding carboxylic acids is 1. The fourth-order valence-corrected chi connectivity index (χ4v) is 4.90. The van der Waals surface area contributed by atoms with Crippen molar-refractivity contribution >= 4 is 21.8 Å². The molecule has 0 aliphatic carbocycles. The van der Waals surface area contributed by atoms with Gasteiger partial charge in [-0.15, -0.1) is 4.40 Å². The Morgan fingerprint density at radius 1 is 0.971 bits per heavy atom. The van der Waals surface area contributed by atoms with Crippen molar-refractivity contribution < 1.29 is 27.4 Å². The molecule has 0 bridgehead atoms. The Morgan fingerprint density at radius 3 is 2.31 bits per heavy atom. The van der Waals surface area contributed by atoms with Gasteiger partial charge in [-0.3, -0.25) is 0 Å². The lowest BCUT2D eigenvalue weighted by atomic mass is 10.1. The maximum atomic E-state index is 12.8. The van der Waals surface area contributed by atoms with E-state index in [0.29, 0.717) is 28.5 Å². The van der Waals surface area contributed by atoms with Gasteiger partial charge in [-0.2, -0.15) is 8.42 Å². The number of benzene rings is 3. The molecule has 3 aromatic carbocycles. The van der Waals surface area contributed by atoms with Crippen molar-refractivity contribution in [3.63, 3.8) is 0 Å². The van der Waals surface area contributed by atoms with E-state index < -0.39 is 22.1 Å². The normalized spacial score (nSPS) is 14.4. The summed E-state index contributed by atoms with van der Waals surface area (Å²) >= 11 is 0. The van der Waals surface area contributed by atoms with Gasteiger partial charge >= 0.3 is 5.97 Å². The molecule has 3 aromatic rings. The minimum absolute atomic E-state index is 0.0515. The van der Waals surface area contributed by atoms with Gasteiger partial charge in [0.2, 0.25) is 0 Å². The number of sulfonamides is 1. The van der Waals surface area contributed by atoms with E-state index in [9.17, 15) is 13.2 Å². The number of nitrogens with zero attached hydrogens (tertiary/aromatic N) is 2. The summed E-state index contributed by atoms with van der Waals surface area (Å²) < 4.78 is 45.7. The van der Waals surface area contributed by atoms with Crippen LogP contribution in [0, 0.1) is 6.92 Å². The summed E-state index contributed by atoms with van der Waals surface area (Å²) in [4.78, 5) is 14.6. The van der Waals surface area contributed by atoms with Crippen LogP contribution >= 0.6 is 0 Å². The van der Waals surface area contributed by atoms with E-state index in [1.165, 1.54) is 6.07 Å². The molecule has 35 heavy (non-hydrogen) atoms. The van der Waals surface area contributed by atoms with Crippen molar-refractivity contribution in [1.82, 2.24) is 4.90 Å². The predicted octanol–water partition coefficient (Wildman–Crippen LogP) is 3.69. The Hall–Kier alpha value is -3.85. The summed E-state index contributed by atoms with van der Waals surface area (Å²) in [5.74, 6) is 1.07. The summed E-state index contributed by atoms with van der Waals surface area (Å²) in [6.45, 7) is 2.15. The number of esters is 1. The molecule has 4 rings (SSSR count). The third kappa shape index (κ3) is 5.63. The van der Waals surface area contributed by atoms with Crippen LogP contribution in [0.1, 0.15) is 21.5 Å². The van der Waals surface area contributed by atoms with Gasteiger partial charge in [-0.25, -0.2) is 4.79 Å². The fourth-order valence-electron chi connectivity index (χ4n) is 3.65. The Kier molecular flexibility index (Phi) is 7.07. The molecule has 9 heteroatoms. The quantitative estimate of drug-likeness (QED) is 0.441. The second kappa shape index (κ2) is 10.2. The maximum absolute atomic E-state index is 12.8. The van der Waals surface area contributed by atoms with Crippen LogP contribution in [0.3, 0.4) is 0 Å². The van der Waals surface area contributed by atoms with Crippen molar-refractivity contribution in [2.45, 2.75) is 17.9 Å². The van der Waals surface area contributed by atoms with Crippen molar-refractivity contribution in [1.29, 1.82) is 0 Å². The summed E-state index contributed by atoms with van der Waals surface area (Å²) in [6.07, 6.45) is -0.714. The molecule has 182 valence electrons. The molecule has 0 amide bonds. The Balaban J connectivity index is 1.53. The number of hydrogen-bond acceptors (Lipinski definition) is 7. The van der Waals surface area contributed by atoms with E-state index in [0.717, 1.165) is 5.56 Å². The van der Waals surface area contributed by atoms with Crippen molar-refractivity contribution in [3.05, 3.63) is 89.5 Å². The zero-order chi connectivity index (χ0) is 25.0. The minimum atomic E-state index is -3.77. The summed E-state index contributed by atoms with van der Waals surface area (Å²) in [5, 5.41) is 0. The van der Waals surface area contributed by atoms with E-state index in [2.05, 4.69) is 4.40 Å². The van der Waals surface area contributed by atoms with Crippen LogP contribution in [-0.2, 0) is 14.8 Å². The van der Waals surface area contributed by atoms with Gasteiger partial charge < -0.3 is 19.1 Å². The predicted molar refractivity (Wildman–Crippen MR) is 132 cm³/mol. The first-order chi connectivity index (χ1) is 16.8. The van der Waals surface area contributed by atoms with Crippen LogP contribution in [-0.4, -0.2) is 58.5 Å². The third-order valence-electron chi connectivity index (χ3n) is 5.51. The number of methoxy groups -OCH3 is 1. The van der Waals surface area contributed by atoms with Gasteiger partial charge in [-0.1, -0.05) is 29.8 Å². The molecule has 0 spiro atoms. The second-order valence-corrected chi connectivity index (χ2v) is 9.72. The largest absolute Gasteiger partial charge is 0.497 e. The molecule has 1 aliphatic rings. The molecule has 1 aliphatic heterocycles. The SMILES string of the molecule is COc1ccc(OC[C@H](CN(C)C2=NS(=O)(=O)c3ccccc32)OC(=O)c2ccc(C)cc2)cc1. The molecular formula is C26H26N2O6S. The lowest BCUT2D eigenvalue weighted by molar-refractivity contribution is 0.0130. The van der Waals surface area contributed by atoms with Crippen molar-refractivity contribution in [2.24, 2.45) is 4.40 Å². The number of hydrogen-bond donors (Lipinski definition) is 0. The summed E-state index contributed by atoms with van der Waals surface area (Å²) in [6, 6.07) is 20.8. The average molecular weight is 495 g/mol. The smallest absolute Gasteiger partial charge is 0.338 e. The molecule has 0 unspecified atom stereocenters.